The number of H-pyrrole nitrogens is 1. The Bertz CT molecular complexity index is 1220. The van der Waals surface area contributed by atoms with Crippen molar-refractivity contribution < 1.29 is 32.2 Å². The maximum absolute atomic E-state index is 13.5. The topological polar surface area (TPSA) is 93.3 Å². The van der Waals surface area contributed by atoms with Gasteiger partial charge in [-0.2, -0.15) is 18.3 Å². The van der Waals surface area contributed by atoms with E-state index in [4.69, 9.17) is 9.47 Å². The van der Waals surface area contributed by atoms with Gasteiger partial charge in [-0.3, -0.25) is 14.7 Å². The van der Waals surface area contributed by atoms with Crippen molar-refractivity contribution in [3.05, 3.63) is 70.4 Å². The van der Waals surface area contributed by atoms with Crippen LogP contribution in [0, 0.1) is 0 Å². The van der Waals surface area contributed by atoms with E-state index in [9.17, 15) is 22.8 Å². The van der Waals surface area contributed by atoms with Gasteiger partial charge in [0.05, 0.1) is 18.9 Å². The third kappa shape index (κ3) is 4.55. The first-order valence-electron chi connectivity index (χ1n) is 10.0. The Labute approximate surface area is 186 Å². The second-order valence-electron chi connectivity index (χ2n) is 7.63. The van der Waals surface area contributed by atoms with Crippen LogP contribution in [-0.4, -0.2) is 29.0 Å². The number of hydrogen-bond donors (Lipinski definition) is 2. The van der Waals surface area contributed by atoms with E-state index in [0.717, 1.165) is 17.2 Å². The number of rotatable bonds is 6. The molecule has 0 saturated carbocycles. The molecular weight excluding hydrogens is 439 g/mol. The van der Waals surface area contributed by atoms with Crippen LogP contribution in [0.25, 0.3) is 0 Å². The summed E-state index contributed by atoms with van der Waals surface area (Å²) < 4.78 is 51.6. The molecule has 1 atom stereocenters. The second kappa shape index (κ2) is 8.61. The zero-order valence-corrected chi connectivity index (χ0v) is 17.7. The molecule has 2 aromatic carbocycles. The van der Waals surface area contributed by atoms with Crippen molar-refractivity contribution in [3.63, 3.8) is 0 Å². The van der Waals surface area contributed by atoms with Crippen molar-refractivity contribution in [1.82, 2.24) is 10.2 Å². The van der Waals surface area contributed by atoms with Crippen LogP contribution >= 0.6 is 0 Å². The predicted molar refractivity (Wildman–Crippen MR) is 112 cm³/mol. The molecule has 0 saturated heterocycles. The third-order valence-corrected chi connectivity index (χ3v) is 5.49. The van der Waals surface area contributed by atoms with Crippen LogP contribution in [0.5, 0.6) is 11.5 Å². The van der Waals surface area contributed by atoms with Gasteiger partial charge in [0.1, 0.15) is 12.4 Å². The normalized spacial score (nSPS) is 15.5. The van der Waals surface area contributed by atoms with Gasteiger partial charge in [-0.1, -0.05) is 18.2 Å². The Morgan fingerprint density at radius 3 is 2.67 bits per heavy atom. The lowest BCUT2D eigenvalue weighted by Crippen LogP contribution is -2.23. The van der Waals surface area contributed by atoms with Gasteiger partial charge in [-0.25, -0.2) is 0 Å². The molecule has 2 heterocycles. The minimum atomic E-state index is -4.64. The van der Waals surface area contributed by atoms with Crippen LogP contribution in [-0.2, 0) is 17.6 Å². The first-order chi connectivity index (χ1) is 15.7. The fraction of sp³-hybridized carbons (Fsp3) is 0.261. The van der Waals surface area contributed by atoms with E-state index < -0.39 is 17.5 Å². The number of methoxy groups -OCH3 is 1. The van der Waals surface area contributed by atoms with Crippen LogP contribution in [0.15, 0.2) is 42.6 Å². The highest BCUT2D eigenvalue weighted by molar-refractivity contribution is 5.94. The smallest absolute Gasteiger partial charge is 0.416 e. The van der Waals surface area contributed by atoms with Gasteiger partial charge in [0.2, 0.25) is 5.91 Å². The molecule has 0 bridgehead atoms. The number of aromatic amines is 1. The first kappa shape index (κ1) is 22.4. The number of nitrogens with zero attached hydrogens (tertiary/aromatic N) is 1. The van der Waals surface area contributed by atoms with Crippen molar-refractivity contribution >= 4 is 17.5 Å². The summed E-state index contributed by atoms with van der Waals surface area (Å²) in [6.07, 6.45) is -2.78. The molecule has 7 nitrogen and oxygen atoms in total. The molecule has 1 aromatic heterocycles. The molecule has 0 spiro atoms. The Morgan fingerprint density at radius 1 is 1.18 bits per heavy atom. The summed E-state index contributed by atoms with van der Waals surface area (Å²) in [6.45, 7) is 0.834. The van der Waals surface area contributed by atoms with Crippen molar-refractivity contribution in [2.45, 2.75) is 32.0 Å². The molecule has 1 unspecified atom stereocenters. The van der Waals surface area contributed by atoms with Gasteiger partial charge in [0, 0.05) is 29.0 Å². The molecule has 3 aromatic rings. The number of ether oxygens (including phenoxy) is 2. The predicted octanol–water partition coefficient (Wildman–Crippen LogP) is 4.69. The Morgan fingerprint density at radius 2 is 1.97 bits per heavy atom. The van der Waals surface area contributed by atoms with Gasteiger partial charge in [-0.15, -0.1) is 0 Å². The van der Waals surface area contributed by atoms with Crippen molar-refractivity contribution in [1.29, 1.82) is 0 Å². The number of amides is 1. The van der Waals surface area contributed by atoms with Crippen molar-refractivity contribution in [2.75, 3.05) is 12.4 Å². The van der Waals surface area contributed by atoms with E-state index in [1.807, 2.05) is 0 Å². The number of alkyl halides is 3. The van der Waals surface area contributed by atoms with E-state index in [1.54, 1.807) is 24.4 Å². The quantitative estimate of drug-likeness (QED) is 0.522. The molecule has 4 rings (SSSR count). The highest BCUT2D eigenvalue weighted by Crippen LogP contribution is 2.40. The SMILES string of the molecule is COc1cc(C2CC(=O)Nc3[nH]ncc32)ccc1OCc1ccc(C(C)=O)cc1C(F)(F)F. The van der Waals surface area contributed by atoms with E-state index in [2.05, 4.69) is 15.5 Å². The van der Waals surface area contributed by atoms with Crippen LogP contribution in [0.2, 0.25) is 0 Å². The van der Waals surface area contributed by atoms with Gasteiger partial charge in [-0.05, 0) is 30.7 Å². The Hall–Kier alpha value is -3.82. The van der Waals surface area contributed by atoms with Crippen molar-refractivity contribution in [2.24, 2.45) is 0 Å². The molecule has 10 heteroatoms. The van der Waals surface area contributed by atoms with E-state index in [-0.39, 0.29) is 41.7 Å². The second-order valence-corrected chi connectivity index (χ2v) is 7.63. The van der Waals surface area contributed by atoms with Gasteiger partial charge in [0.15, 0.2) is 17.3 Å². The summed E-state index contributed by atoms with van der Waals surface area (Å²) in [5.41, 5.74) is 0.546. The molecule has 1 aliphatic rings. The number of fused-ring (bicyclic) bond motifs is 1. The molecular formula is C23H20F3N3O4. The van der Waals surface area contributed by atoms with Crippen LogP contribution in [0.4, 0.5) is 19.0 Å². The molecule has 1 amide bonds. The minimum absolute atomic E-state index is 0.0249. The van der Waals surface area contributed by atoms with Gasteiger partial charge < -0.3 is 14.8 Å². The van der Waals surface area contributed by atoms with E-state index >= 15 is 0 Å². The zero-order valence-electron chi connectivity index (χ0n) is 17.7. The monoisotopic (exact) mass is 459 g/mol. The summed E-state index contributed by atoms with van der Waals surface area (Å²) in [7, 11) is 1.42. The number of Topliss-reactive ketones (excluding diaryl/α,β-unsaturated/α-hetero) is 1. The number of nitrogens with one attached hydrogen (secondary N) is 2. The molecule has 2 N–H and O–H groups in total. The average Bonchev–Trinajstić information content (AvgIpc) is 3.24. The lowest BCUT2D eigenvalue weighted by molar-refractivity contribution is -0.138. The number of carbonyl (C=O) groups is 2. The molecule has 0 radical (unpaired) electrons. The number of ketones is 1. The average molecular weight is 459 g/mol. The number of anilines is 1. The van der Waals surface area contributed by atoms with Crippen molar-refractivity contribution in [3.8, 4) is 11.5 Å². The van der Waals surface area contributed by atoms with E-state index in [0.29, 0.717) is 11.6 Å². The molecule has 172 valence electrons. The summed E-state index contributed by atoms with van der Waals surface area (Å²) in [5.74, 6) is 0.220. The highest BCUT2D eigenvalue weighted by atomic mass is 19.4. The number of aromatic nitrogens is 2. The summed E-state index contributed by atoms with van der Waals surface area (Å²) in [6, 6.07) is 8.44. The number of carbonyl (C=O) groups excluding carboxylic acids is 2. The van der Waals surface area contributed by atoms with E-state index in [1.165, 1.54) is 26.2 Å². The van der Waals surface area contributed by atoms with Crippen LogP contribution < -0.4 is 14.8 Å². The zero-order chi connectivity index (χ0) is 23.8. The molecule has 33 heavy (non-hydrogen) atoms. The summed E-state index contributed by atoms with van der Waals surface area (Å²) in [4.78, 5) is 23.5. The fourth-order valence-corrected chi connectivity index (χ4v) is 3.80. The standard InChI is InChI=1S/C23H20F3N3O4/c1-12(30)13-3-4-15(18(7-13)23(24,25)26)11-33-19-6-5-14(8-20(19)32-2)16-9-21(31)28-22-17(16)10-27-29-22/h3-8,10,16H,9,11H2,1-2H3,(H2,27,28,29,31). The lowest BCUT2D eigenvalue weighted by Gasteiger charge is -2.23. The maximum Gasteiger partial charge on any atom is 0.416 e. The highest BCUT2D eigenvalue weighted by Gasteiger charge is 2.34. The molecule has 0 aliphatic carbocycles. The first-order valence-corrected chi connectivity index (χ1v) is 10.0. The lowest BCUT2D eigenvalue weighted by atomic mass is 9.87. The van der Waals surface area contributed by atoms with Crippen LogP contribution in [0.1, 0.15) is 51.9 Å². The van der Waals surface area contributed by atoms with Crippen LogP contribution in [0.3, 0.4) is 0 Å². The largest absolute Gasteiger partial charge is 0.493 e. The fourth-order valence-electron chi connectivity index (χ4n) is 3.80. The Kier molecular flexibility index (Phi) is 5.84. The minimum Gasteiger partial charge on any atom is -0.493 e. The third-order valence-electron chi connectivity index (χ3n) is 5.49. The molecule has 1 aliphatic heterocycles. The Balaban J connectivity index is 1.60. The van der Waals surface area contributed by atoms with Gasteiger partial charge >= 0.3 is 6.18 Å². The summed E-state index contributed by atoms with van der Waals surface area (Å²) >= 11 is 0. The number of benzene rings is 2. The van der Waals surface area contributed by atoms with Gasteiger partial charge in [0.25, 0.3) is 0 Å². The molecule has 0 fully saturated rings. The summed E-state index contributed by atoms with van der Waals surface area (Å²) in [5, 5.41) is 9.44. The number of hydrogen-bond acceptors (Lipinski definition) is 5. The number of halogens is 3. The maximum atomic E-state index is 13.5.